The molecule has 0 unspecified atom stereocenters. The van der Waals surface area contributed by atoms with E-state index in [2.05, 4.69) is 21.6 Å². The third-order valence-corrected chi connectivity index (χ3v) is 3.75. The van der Waals surface area contributed by atoms with E-state index in [1.165, 1.54) is 0 Å². The van der Waals surface area contributed by atoms with Crippen molar-refractivity contribution in [3.05, 3.63) is 54.1 Å². The van der Waals surface area contributed by atoms with E-state index in [1.807, 2.05) is 24.3 Å². The van der Waals surface area contributed by atoms with Gasteiger partial charge in [-0.1, -0.05) is 18.2 Å². The molecule has 0 aromatic heterocycles. The Morgan fingerprint density at radius 3 is 2.67 bits per heavy atom. The van der Waals surface area contributed by atoms with Crippen LogP contribution in [0.15, 0.2) is 48.5 Å². The molecule has 6 heteroatoms. The lowest BCUT2D eigenvalue weighted by atomic mass is 10.2. The molecule has 2 aromatic rings. The Balaban J connectivity index is 1.71. The summed E-state index contributed by atoms with van der Waals surface area (Å²) in [6.07, 6.45) is 0. The number of urea groups is 1. The molecule has 2 aromatic carbocycles. The van der Waals surface area contributed by atoms with E-state index >= 15 is 0 Å². The number of morpholine rings is 1. The van der Waals surface area contributed by atoms with Crippen LogP contribution in [-0.4, -0.2) is 32.3 Å². The second-order valence-corrected chi connectivity index (χ2v) is 5.39. The van der Waals surface area contributed by atoms with Crippen LogP contribution < -0.4 is 15.5 Å². The summed E-state index contributed by atoms with van der Waals surface area (Å²) < 4.78 is 5.38. The van der Waals surface area contributed by atoms with Crippen molar-refractivity contribution in [2.75, 3.05) is 41.8 Å². The van der Waals surface area contributed by atoms with Gasteiger partial charge in [-0.2, -0.15) is 5.26 Å². The molecule has 24 heavy (non-hydrogen) atoms. The van der Waals surface area contributed by atoms with Crippen molar-refractivity contribution in [2.24, 2.45) is 0 Å². The molecule has 1 aliphatic rings. The van der Waals surface area contributed by atoms with Gasteiger partial charge in [0.05, 0.1) is 36.2 Å². The summed E-state index contributed by atoms with van der Waals surface area (Å²) >= 11 is 0. The number of nitriles is 1. The Morgan fingerprint density at radius 1 is 1.08 bits per heavy atom. The van der Waals surface area contributed by atoms with Crippen molar-refractivity contribution in [2.45, 2.75) is 0 Å². The number of carbonyl (C=O) groups excluding carboxylic acids is 1. The summed E-state index contributed by atoms with van der Waals surface area (Å²) in [5.41, 5.74) is 2.80. The fraction of sp³-hybridized carbons (Fsp3) is 0.222. The van der Waals surface area contributed by atoms with E-state index < -0.39 is 0 Å². The highest BCUT2D eigenvalue weighted by Gasteiger charge is 2.15. The average Bonchev–Trinajstić information content (AvgIpc) is 2.63. The number of hydrogen-bond donors (Lipinski definition) is 2. The van der Waals surface area contributed by atoms with Gasteiger partial charge in [0.15, 0.2) is 0 Å². The number of nitrogens with one attached hydrogen (secondary N) is 2. The Hall–Kier alpha value is -3.04. The van der Waals surface area contributed by atoms with Crippen LogP contribution in [0.4, 0.5) is 21.9 Å². The van der Waals surface area contributed by atoms with Crippen molar-refractivity contribution in [1.29, 1.82) is 5.26 Å². The number of hydrogen-bond acceptors (Lipinski definition) is 4. The number of amides is 2. The first kappa shape index (κ1) is 15.8. The van der Waals surface area contributed by atoms with E-state index in [0.29, 0.717) is 24.5 Å². The van der Waals surface area contributed by atoms with Gasteiger partial charge in [0, 0.05) is 18.8 Å². The normalized spacial score (nSPS) is 13.9. The van der Waals surface area contributed by atoms with Crippen LogP contribution in [0.3, 0.4) is 0 Å². The van der Waals surface area contributed by atoms with Gasteiger partial charge < -0.3 is 20.3 Å². The molecule has 0 bridgehead atoms. The summed E-state index contributed by atoms with van der Waals surface area (Å²) in [6.45, 7) is 2.96. The van der Waals surface area contributed by atoms with Crippen LogP contribution >= 0.6 is 0 Å². The molecule has 1 saturated heterocycles. The predicted octanol–water partition coefficient (Wildman–Crippen LogP) is 3.04. The zero-order chi connectivity index (χ0) is 16.8. The summed E-state index contributed by atoms with van der Waals surface area (Å²) in [6, 6.07) is 16.2. The molecule has 1 aliphatic heterocycles. The molecule has 6 nitrogen and oxygen atoms in total. The number of anilines is 3. The highest BCUT2D eigenvalue weighted by molar-refractivity contribution is 6.01. The lowest BCUT2D eigenvalue weighted by Crippen LogP contribution is -2.37. The van der Waals surface area contributed by atoms with Crippen LogP contribution in [0.1, 0.15) is 5.56 Å². The van der Waals surface area contributed by atoms with E-state index in [1.54, 1.807) is 24.3 Å². The number of nitrogens with zero attached hydrogens (tertiary/aromatic N) is 2. The van der Waals surface area contributed by atoms with Gasteiger partial charge in [-0.25, -0.2) is 4.79 Å². The highest BCUT2D eigenvalue weighted by atomic mass is 16.5. The Morgan fingerprint density at radius 2 is 1.88 bits per heavy atom. The van der Waals surface area contributed by atoms with Crippen LogP contribution in [0.2, 0.25) is 0 Å². The third kappa shape index (κ3) is 3.83. The van der Waals surface area contributed by atoms with Gasteiger partial charge in [0.2, 0.25) is 0 Å². The van der Waals surface area contributed by atoms with Crippen LogP contribution in [0, 0.1) is 11.3 Å². The fourth-order valence-corrected chi connectivity index (χ4v) is 2.61. The van der Waals surface area contributed by atoms with Gasteiger partial charge >= 0.3 is 6.03 Å². The first-order valence-electron chi connectivity index (χ1n) is 7.76. The molecular formula is C18H18N4O2. The molecule has 1 fully saturated rings. The van der Waals surface area contributed by atoms with Crippen LogP contribution in [0.5, 0.6) is 0 Å². The monoisotopic (exact) mass is 322 g/mol. The van der Waals surface area contributed by atoms with Gasteiger partial charge in [0.25, 0.3) is 0 Å². The molecule has 0 spiro atoms. The molecule has 0 atom stereocenters. The molecule has 122 valence electrons. The SMILES string of the molecule is N#Cc1cccc(NC(=O)Nc2ccccc2N2CCOCC2)c1. The molecule has 2 N–H and O–H groups in total. The van der Waals surface area contributed by atoms with Crippen LogP contribution in [0.25, 0.3) is 0 Å². The molecular weight excluding hydrogens is 304 g/mol. The third-order valence-electron chi connectivity index (χ3n) is 3.75. The summed E-state index contributed by atoms with van der Waals surface area (Å²) in [4.78, 5) is 14.5. The number of carbonyl (C=O) groups is 1. The largest absolute Gasteiger partial charge is 0.378 e. The summed E-state index contributed by atoms with van der Waals surface area (Å²) in [7, 11) is 0. The summed E-state index contributed by atoms with van der Waals surface area (Å²) in [5, 5.41) is 14.5. The minimum atomic E-state index is -0.342. The first-order valence-corrected chi connectivity index (χ1v) is 7.76. The number of para-hydroxylation sites is 2. The molecule has 0 aliphatic carbocycles. The van der Waals surface area contributed by atoms with E-state index in [0.717, 1.165) is 24.5 Å². The lowest BCUT2D eigenvalue weighted by molar-refractivity contribution is 0.123. The second-order valence-electron chi connectivity index (χ2n) is 5.39. The van der Waals surface area contributed by atoms with E-state index in [9.17, 15) is 4.79 Å². The topological polar surface area (TPSA) is 77.4 Å². The molecule has 0 radical (unpaired) electrons. The Kier molecular flexibility index (Phi) is 4.94. The first-order chi connectivity index (χ1) is 11.8. The van der Waals surface area contributed by atoms with Crippen molar-refractivity contribution >= 4 is 23.1 Å². The summed E-state index contributed by atoms with van der Waals surface area (Å²) in [5.74, 6) is 0. The minimum Gasteiger partial charge on any atom is -0.378 e. The number of rotatable bonds is 3. The standard InChI is InChI=1S/C18H18N4O2/c19-13-14-4-3-5-15(12-14)20-18(23)21-16-6-1-2-7-17(16)22-8-10-24-11-9-22/h1-7,12H,8-11H2,(H2,20,21,23). The fourth-order valence-electron chi connectivity index (χ4n) is 2.61. The van der Waals surface area contributed by atoms with E-state index in [-0.39, 0.29) is 6.03 Å². The average molecular weight is 322 g/mol. The van der Waals surface area contributed by atoms with Crippen molar-refractivity contribution in [3.63, 3.8) is 0 Å². The highest BCUT2D eigenvalue weighted by Crippen LogP contribution is 2.26. The van der Waals surface area contributed by atoms with Crippen LogP contribution in [-0.2, 0) is 4.74 Å². The van der Waals surface area contributed by atoms with Crippen molar-refractivity contribution in [3.8, 4) is 6.07 Å². The zero-order valence-corrected chi connectivity index (χ0v) is 13.2. The second kappa shape index (κ2) is 7.49. The predicted molar refractivity (Wildman–Crippen MR) is 93.3 cm³/mol. The number of benzene rings is 2. The van der Waals surface area contributed by atoms with Crippen molar-refractivity contribution < 1.29 is 9.53 Å². The minimum absolute atomic E-state index is 0.342. The maximum absolute atomic E-state index is 12.3. The van der Waals surface area contributed by atoms with E-state index in [4.69, 9.17) is 10.00 Å². The maximum atomic E-state index is 12.3. The van der Waals surface area contributed by atoms with Gasteiger partial charge in [-0.05, 0) is 30.3 Å². The zero-order valence-electron chi connectivity index (χ0n) is 13.2. The molecule has 2 amide bonds. The molecule has 0 saturated carbocycles. The van der Waals surface area contributed by atoms with Gasteiger partial charge in [0.1, 0.15) is 0 Å². The number of ether oxygens (including phenoxy) is 1. The van der Waals surface area contributed by atoms with Gasteiger partial charge in [-0.3, -0.25) is 0 Å². The van der Waals surface area contributed by atoms with Crippen molar-refractivity contribution in [1.82, 2.24) is 0 Å². The maximum Gasteiger partial charge on any atom is 0.323 e. The quantitative estimate of drug-likeness (QED) is 0.910. The Labute approximate surface area is 140 Å². The smallest absolute Gasteiger partial charge is 0.323 e. The van der Waals surface area contributed by atoms with Gasteiger partial charge in [-0.15, -0.1) is 0 Å². The molecule has 1 heterocycles. The lowest BCUT2D eigenvalue weighted by Gasteiger charge is -2.30. The molecule has 3 rings (SSSR count). The Bertz CT molecular complexity index is 764.